The topological polar surface area (TPSA) is 73.8 Å². The molecule has 6 rings (SSSR count). The van der Waals surface area contributed by atoms with E-state index in [0.29, 0.717) is 42.8 Å². The first kappa shape index (κ1) is 16.4. The summed E-state index contributed by atoms with van der Waals surface area (Å²) in [5.74, 6) is 2.51. The lowest BCUT2D eigenvalue weighted by Crippen LogP contribution is -2.42. The molecule has 7 nitrogen and oxygen atoms in total. The van der Waals surface area contributed by atoms with Gasteiger partial charge in [-0.05, 0) is 23.8 Å². The van der Waals surface area contributed by atoms with Crippen LogP contribution in [0.5, 0.6) is 17.2 Å². The Bertz CT molecular complexity index is 1130. The summed E-state index contributed by atoms with van der Waals surface area (Å²) in [6.45, 7) is 1.54. The van der Waals surface area contributed by atoms with E-state index in [1.165, 1.54) is 0 Å². The Morgan fingerprint density at radius 1 is 0.897 bits per heavy atom. The van der Waals surface area contributed by atoms with E-state index < -0.39 is 5.41 Å². The van der Waals surface area contributed by atoms with Crippen LogP contribution < -0.4 is 19.1 Å². The summed E-state index contributed by atoms with van der Waals surface area (Å²) >= 11 is 0. The number of fused-ring (bicyclic) bond motifs is 5. The SMILES string of the molecule is O=C1N(Cc2ncccn2)c2ccccc2[C@]12COc1cc3c(cc12)OCCO3. The summed E-state index contributed by atoms with van der Waals surface area (Å²) in [5.41, 5.74) is 1.69. The maximum Gasteiger partial charge on any atom is 0.246 e. The summed E-state index contributed by atoms with van der Waals surface area (Å²) < 4.78 is 17.5. The van der Waals surface area contributed by atoms with Crippen LogP contribution in [0, 0.1) is 0 Å². The van der Waals surface area contributed by atoms with Gasteiger partial charge in [0.15, 0.2) is 11.5 Å². The van der Waals surface area contributed by atoms with Crippen LogP contribution in [0.4, 0.5) is 5.69 Å². The Morgan fingerprint density at radius 3 is 2.48 bits per heavy atom. The Morgan fingerprint density at radius 2 is 1.66 bits per heavy atom. The van der Waals surface area contributed by atoms with Crippen molar-refractivity contribution in [2.24, 2.45) is 0 Å². The number of ether oxygens (including phenoxy) is 3. The monoisotopic (exact) mass is 387 g/mol. The molecule has 29 heavy (non-hydrogen) atoms. The second-order valence-corrected chi connectivity index (χ2v) is 7.26. The highest BCUT2D eigenvalue weighted by molar-refractivity contribution is 6.11. The number of hydrogen-bond donors (Lipinski definition) is 0. The summed E-state index contributed by atoms with van der Waals surface area (Å²) in [4.78, 5) is 24.2. The highest BCUT2D eigenvalue weighted by atomic mass is 16.6. The largest absolute Gasteiger partial charge is 0.491 e. The van der Waals surface area contributed by atoms with Crippen LogP contribution in [0.3, 0.4) is 0 Å². The van der Waals surface area contributed by atoms with Crippen molar-refractivity contribution in [2.45, 2.75) is 12.0 Å². The first-order valence-electron chi connectivity index (χ1n) is 9.52. The third kappa shape index (κ3) is 2.21. The van der Waals surface area contributed by atoms with Gasteiger partial charge in [-0.3, -0.25) is 4.79 Å². The highest BCUT2D eigenvalue weighted by Crippen LogP contribution is 2.54. The number of carbonyl (C=O) groups is 1. The minimum Gasteiger partial charge on any atom is -0.491 e. The molecule has 0 bridgehead atoms. The first-order valence-corrected chi connectivity index (χ1v) is 9.52. The van der Waals surface area contributed by atoms with Gasteiger partial charge >= 0.3 is 0 Å². The zero-order valence-corrected chi connectivity index (χ0v) is 15.5. The smallest absolute Gasteiger partial charge is 0.246 e. The van der Waals surface area contributed by atoms with Gasteiger partial charge in [-0.25, -0.2) is 9.97 Å². The number of carbonyl (C=O) groups excluding carboxylic acids is 1. The molecule has 0 unspecified atom stereocenters. The van der Waals surface area contributed by atoms with Crippen LogP contribution in [0.2, 0.25) is 0 Å². The quantitative estimate of drug-likeness (QED) is 0.673. The maximum absolute atomic E-state index is 13.8. The van der Waals surface area contributed by atoms with E-state index >= 15 is 0 Å². The molecule has 1 aromatic heterocycles. The summed E-state index contributed by atoms with van der Waals surface area (Å²) in [5, 5.41) is 0. The Labute approximate surface area is 166 Å². The van der Waals surface area contributed by atoms with Crippen molar-refractivity contribution in [1.82, 2.24) is 9.97 Å². The van der Waals surface area contributed by atoms with E-state index in [-0.39, 0.29) is 12.5 Å². The standard InChI is InChI=1S/C22H17N3O4/c26-21-22(13-29-17-11-19-18(10-15(17)22)27-8-9-28-19)14-4-1-2-5-16(14)25(21)12-20-23-6-3-7-24-20/h1-7,10-11H,8-9,12-13H2/t22-/m0/s1. The molecular weight excluding hydrogens is 370 g/mol. The third-order valence-electron chi connectivity index (χ3n) is 5.73. The number of benzene rings is 2. The number of hydrogen-bond acceptors (Lipinski definition) is 6. The molecule has 1 atom stereocenters. The lowest BCUT2D eigenvalue weighted by molar-refractivity contribution is -0.122. The predicted molar refractivity (Wildman–Crippen MR) is 103 cm³/mol. The molecular formula is C22H17N3O4. The molecule has 0 saturated carbocycles. The van der Waals surface area contributed by atoms with Gasteiger partial charge in [-0.1, -0.05) is 18.2 Å². The number of nitrogens with zero attached hydrogens (tertiary/aromatic N) is 3. The highest BCUT2D eigenvalue weighted by Gasteiger charge is 2.57. The molecule has 7 heteroatoms. The number of rotatable bonds is 2. The molecule has 3 aliphatic heterocycles. The molecule has 0 fully saturated rings. The van der Waals surface area contributed by atoms with Gasteiger partial charge < -0.3 is 19.1 Å². The van der Waals surface area contributed by atoms with E-state index in [9.17, 15) is 4.79 Å². The van der Waals surface area contributed by atoms with E-state index in [0.717, 1.165) is 16.8 Å². The Hall–Kier alpha value is -3.61. The van der Waals surface area contributed by atoms with E-state index in [4.69, 9.17) is 14.2 Å². The predicted octanol–water partition coefficient (Wildman–Crippen LogP) is 2.47. The van der Waals surface area contributed by atoms with E-state index in [1.807, 2.05) is 36.4 Å². The molecule has 3 aromatic rings. The van der Waals surface area contributed by atoms with Gasteiger partial charge in [0.05, 0.1) is 6.54 Å². The van der Waals surface area contributed by atoms with E-state index in [2.05, 4.69) is 9.97 Å². The summed E-state index contributed by atoms with van der Waals surface area (Å²) in [6.07, 6.45) is 3.37. The summed E-state index contributed by atoms with van der Waals surface area (Å²) in [6, 6.07) is 13.3. The van der Waals surface area contributed by atoms with Crippen LogP contribution in [-0.2, 0) is 16.8 Å². The van der Waals surface area contributed by atoms with Gasteiger partial charge in [-0.2, -0.15) is 0 Å². The average molecular weight is 387 g/mol. The average Bonchev–Trinajstić information content (AvgIpc) is 3.25. The lowest BCUT2D eigenvalue weighted by atomic mass is 9.77. The van der Waals surface area contributed by atoms with Crippen molar-refractivity contribution in [2.75, 3.05) is 24.7 Å². The summed E-state index contributed by atoms with van der Waals surface area (Å²) in [7, 11) is 0. The lowest BCUT2D eigenvalue weighted by Gasteiger charge is -2.24. The molecule has 0 radical (unpaired) electrons. The van der Waals surface area contributed by atoms with Crippen molar-refractivity contribution in [1.29, 1.82) is 0 Å². The van der Waals surface area contributed by atoms with Gasteiger partial charge in [0.2, 0.25) is 5.91 Å². The molecule has 0 N–H and O–H groups in total. The Kier molecular flexibility index (Phi) is 3.35. The van der Waals surface area contributed by atoms with Crippen molar-refractivity contribution in [3.05, 3.63) is 71.8 Å². The van der Waals surface area contributed by atoms with Crippen LogP contribution in [0.15, 0.2) is 54.9 Å². The second kappa shape index (κ2) is 5.94. The van der Waals surface area contributed by atoms with Crippen molar-refractivity contribution >= 4 is 11.6 Å². The van der Waals surface area contributed by atoms with E-state index in [1.54, 1.807) is 23.4 Å². The molecule has 144 valence electrons. The molecule has 1 amide bonds. The molecule has 4 heterocycles. The molecule has 0 saturated heterocycles. The molecule has 3 aliphatic rings. The minimum atomic E-state index is -0.906. The fraction of sp³-hybridized carbons (Fsp3) is 0.227. The number of amides is 1. The molecule has 0 aliphatic carbocycles. The Balaban J connectivity index is 1.51. The minimum absolute atomic E-state index is 0.0402. The fourth-order valence-electron chi connectivity index (χ4n) is 4.42. The first-order chi connectivity index (χ1) is 14.3. The fourth-order valence-corrected chi connectivity index (χ4v) is 4.42. The van der Waals surface area contributed by atoms with Crippen LogP contribution in [0.25, 0.3) is 0 Å². The van der Waals surface area contributed by atoms with Crippen molar-refractivity contribution < 1.29 is 19.0 Å². The number of anilines is 1. The van der Waals surface area contributed by atoms with Gasteiger partial charge in [0.25, 0.3) is 0 Å². The van der Waals surface area contributed by atoms with Crippen LogP contribution in [0.1, 0.15) is 17.0 Å². The molecule has 1 spiro atoms. The number of aromatic nitrogens is 2. The third-order valence-corrected chi connectivity index (χ3v) is 5.73. The van der Waals surface area contributed by atoms with Gasteiger partial charge in [0, 0.05) is 29.7 Å². The van der Waals surface area contributed by atoms with Crippen LogP contribution in [-0.4, -0.2) is 35.7 Å². The maximum atomic E-state index is 13.8. The zero-order chi connectivity index (χ0) is 19.4. The molecule has 2 aromatic carbocycles. The van der Waals surface area contributed by atoms with Crippen LogP contribution >= 0.6 is 0 Å². The van der Waals surface area contributed by atoms with Crippen molar-refractivity contribution in [3.8, 4) is 17.2 Å². The zero-order valence-electron chi connectivity index (χ0n) is 15.5. The normalized spacial score (nSPS) is 21.1. The number of para-hydroxylation sites is 1. The second-order valence-electron chi connectivity index (χ2n) is 7.26. The van der Waals surface area contributed by atoms with Crippen molar-refractivity contribution in [3.63, 3.8) is 0 Å². The van der Waals surface area contributed by atoms with Gasteiger partial charge in [0.1, 0.15) is 36.8 Å². The van der Waals surface area contributed by atoms with Gasteiger partial charge in [-0.15, -0.1) is 0 Å².